The van der Waals surface area contributed by atoms with Crippen molar-refractivity contribution in [2.75, 3.05) is 6.54 Å². The van der Waals surface area contributed by atoms with Gasteiger partial charge in [-0.2, -0.15) is 0 Å². The molecule has 0 heterocycles. The first-order valence-electron chi connectivity index (χ1n) is 5.33. The number of unbranched alkanes of at least 4 members (excludes halogenated alkanes) is 6. The van der Waals surface area contributed by atoms with Crippen LogP contribution < -0.4 is 5.23 Å². The van der Waals surface area contributed by atoms with Gasteiger partial charge < -0.3 is 5.23 Å². The van der Waals surface area contributed by atoms with Crippen LogP contribution in [0.25, 0.3) is 0 Å². The summed E-state index contributed by atoms with van der Waals surface area (Å²) in [4.78, 5) is 0. The third-order valence-electron chi connectivity index (χ3n) is 2.08. The molecule has 0 amide bonds. The van der Waals surface area contributed by atoms with Crippen LogP contribution in [0.15, 0.2) is 0 Å². The van der Waals surface area contributed by atoms with E-state index in [4.69, 9.17) is 0 Å². The first-order valence-corrected chi connectivity index (χ1v) is 9.52. The Kier molecular flexibility index (Phi) is 14.4. The van der Waals surface area contributed by atoms with Gasteiger partial charge in [-0.3, -0.25) is 0 Å². The molecule has 0 aliphatic carbocycles. The van der Waals surface area contributed by atoms with Crippen molar-refractivity contribution in [3.63, 3.8) is 0 Å². The Bertz CT molecular complexity index is 85.7. The summed E-state index contributed by atoms with van der Waals surface area (Å²) >= 11 is 2.38. The van der Waals surface area contributed by atoms with Crippen LogP contribution in [-0.2, 0) is 0 Å². The van der Waals surface area contributed by atoms with Gasteiger partial charge in [-0.1, -0.05) is 73.6 Å². The fourth-order valence-electron chi connectivity index (χ4n) is 1.29. The van der Waals surface area contributed by atoms with E-state index in [0.717, 1.165) is 6.10 Å². The van der Waals surface area contributed by atoms with E-state index < -0.39 is 0 Å². The van der Waals surface area contributed by atoms with Crippen LogP contribution in [0.4, 0.5) is 0 Å². The van der Waals surface area contributed by atoms with Crippen LogP contribution >= 0.6 is 28.1 Å². The summed E-state index contributed by atoms with van der Waals surface area (Å²) in [5.41, 5.74) is 0. The standard InChI is InChI=1S/C9H21BINP/c1-2-3-4-5-6-7-8-9-12-10-13-11/h12-13H,2-9H2,1H3. The van der Waals surface area contributed by atoms with E-state index in [2.05, 4.69) is 41.3 Å². The smallest absolute Gasteiger partial charge is 0.248 e. The second kappa shape index (κ2) is 13.2. The predicted molar refractivity (Wildman–Crippen MR) is 74.1 cm³/mol. The second-order valence-electron chi connectivity index (χ2n) is 3.33. The average molecular weight is 312 g/mol. The maximum atomic E-state index is 3.32. The van der Waals surface area contributed by atoms with Gasteiger partial charge in [-0.15, -0.1) is 0 Å². The van der Waals surface area contributed by atoms with E-state index in [9.17, 15) is 0 Å². The molecule has 0 fully saturated rings. The number of halogens is 1. The fourth-order valence-corrected chi connectivity index (χ4v) is 2.18. The number of nitrogens with one attached hydrogen (secondary N) is 1. The third kappa shape index (κ3) is 13.2. The van der Waals surface area contributed by atoms with Gasteiger partial charge in [0.2, 0.25) is 7.13 Å². The molecule has 0 aromatic rings. The average Bonchev–Trinajstić information content (AvgIpc) is 2.16. The van der Waals surface area contributed by atoms with Crippen LogP contribution in [0.1, 0.15) is 51.9 Å². The van der Waals surface area contributed by atoms with Crippen molar-refractivity contribution in [3.05, 3.63) is 0 Å². The van der Waals surface area contributed by atoms with Crippen LogP contribution in [0.3, 0.4) is 0 Å². The lowest BCUT2D eigenvalue weighted by Crippen LogP contribution is -2.15. The highest BCUT2D eigenvalue weighted by atomic mass is 127. The molecule has 0 saturated carbocycles. The van der Waals surface area contributed by atoms with E-state index in [1.165, 1.54) is 51.5 Å². The molecule has 13 heavy (non-hydrogen) atoms. The first kappa shape index (κ1) is 14.2. The van der Waals surface area contributed by atoms with Crippen molar-refractivity contribution in [1.29, 1.82) is 0 Å². The van der Waals surface area contributed by atoms with Crippen molar-refractivity contribution in [2.45, 2.75) is 51.9 Å². The molecule has 0 rings (SSSR count). The normalized spacial score (nSPS) is 11.2. The minimum Gasteiger partial charge on any atom is -0.356 e. The molecule has 0 bridgehead atoms. The Morgan fingerprint density at radius 1 is 1.08 bits per heavy atom. The highest BCUT2D eigenvalue weighted by Gasteiger charge is 1.91. The van der Waals surface area contributed by atoms with Crippen LogP contribution in [0.5, 0.6) is 0 Å². The maximum Gasteiger partial charge on any atom is 0.248 e. The minimum absolute atomic E-state index is 0.904. The van der Waals surface area contributed by atoms with Crippen molar-refractivity contribution in [3.8, 4) is 0 Å². The van der Waals surface area contributed by atoms with Gasteiger partial charge in [0.15, 0.2) is 0 Å². The van der Waals surface area contributed by atoms with Gasteiger partial charge >= 0.3 is 0 Å². The Labute approximate surface area is 98.7 Å². The summed E-state index contributed by atoms with van der Waals surface area (Å²) in [7, 11) is 2.16. The summed E-state index contributed by atoms with van der Waals surface area (Å²) < 4.78 is 0. The van der Waals surface area contributed by atoms with Crippen molar-refractivity contribution in [1.82, 2.24) is 5.23 Å². The third-order valence-corrected chi connectivity index (χ3v) is 3.33. The zero-order valence-corrected chi connectivity index (χ0v) is 11.8. The van der Waals surface area contributed by atoms with E-state index >= 15 is 0 Å². The summed E-state index contributed by atoms with van der Waals surface area (Å²) in [6, 6.07) is 0. The molecule has 1 nitrogen and oxygen atoms in total. The van der Waals surface area contributed by atoms with Crippen LogP contribution in [0.2, 0.25) is 0 Å². The molecule has 1 N–H and O–H groups in total. The van der Waals surface area contributed by atoms with E-state index in [1.807, 2.05) is 0 Å². The van der Waals surface area contributed by atoms with Gasteiger partial charge in [0.25, 0.3) is 0 Å². The van der Waals surface area contributed by atoms with E-state index in [-0.39, 0.29) is 0 Å². The van der Waals surface area contributed by atoms with Crippen LogP contribution in [-0.4, -0.2) is 13.7 Å². The van der Waals surface area contributed by atoms with E-state index in [0.29, 0.717) is 0 Å². The molecule has 4 heteroatoms. The molecular formula is C9H21BINP. The molecule has 1 atom stereocenters. The van der Waals surface area contributed by atoms with Gasteiger partial charge in [-0.25, -0.2) is 0 Å². The fraction of sp³-hybridized carbons (Fsp3) is 1.00. The predicted octanol–water partition coefficient (Wildman–Crippen LogP) is 3.89. The Hall–Kier alpha value is 1.18. The summed E-state index contributed by atoms with van der Waals surface area (Å²) in [6.45, 7) is 3.44. The van der Waals surface area contributed by atoms with Gasteiger partial charge in [0.1, 0.15) is 0 Å². The summed E-state index contributed by atoms with van der Waals surface area (Å²) in [5, 5.41) is 3.32. The topological polar surface area (TPSA) is 12.0 Å². The Morgan fingerprint density at radius 3 is 2.31 bits per heavy atom. The molecule has 0 spiro atoms. The molecule has 0 aliphatic rings. The first-order chi connectivity index (χ1) is 6.41. The monoisotopic (exact) mass is 312 g/mol. The molecule has 1 unspecified atom stereocenters. The summed E-state index contributed by atoms with van der Waals surface area (Å²) in [5.74, 6) is 0. The highest BCUT2D eigenvalue weighted by molar-refractivity contribution is 14.2. The minimum atomic E-state index is 0.904. The maximum absolute atomic E-state index is 3.32. The SMILES string of the molecule is CCCCCCCCCN[B]PI. The second-order valence-corrected chi connectivity index (χ2v) is 5.70. The number of hydrogen-bond donors (Lipinski definition) is 1. The van der Waals surface area contributed by atoms with E-state index in [1.54, 1.807) is 0 Å². The highest BCUT2D eigenvalue weighted by Crippen LogP contribution is 2.15. The Morgan fingerprint density at radius 2 is 1.69 bits per heavy atom. The van der Waals surface area contributed by atoms with Gasteiger partial charge in [-0.05, 0) is 13.0 Å². The number of rotatable bonds is 10. The van der Waals surface area contributed by atoms with Gasteiger partial charge in [0, 0.05) is 0 Å². The lowest BCUT2D eigenvalue weighted by Gasteiger charge is -2.01. The quantitative estimate of drug-likeness (QED) is 0.279. The molecular weight excluding hydrogens is 291 g/mol. The molecule has 77 valence electrons. The lowest BCUT2D eigenvalue weighted by molar-refractivity contribution is 0.587. The molecule has 1 radical (unpaired) electrons. The molecule has 0 aliphatic heterocycles. The number of hydrogen-bond acceptors (Lipinski definition) is 1. The molecule has 0 aromatic carbocycles. The van der Waals surface area contributed by atoms with Crippen molar-refractivity contribution >= 4 is 35.3 Å². The van der Waals surface area contributed by atoms with Crippen molar-refractivity contribution < 1.29 is 0 Å². The summed E-state index contributed by atoms with van der Waals surface area (Å²) in [6.07, 6.45) is 10.7. The largest absolute Gasteiger partial charge is 0.356 e. The lowest BCUT2D eigenvalue weighted by atomic mass is 10.1. The zero-order chi connectivity index (χ0) is 9.78. The molecule has 0 saturated heterocycles. The van der Waals surface area contributed by atoms with Crippen LogP contribution in [0, 0.1) is 0 Å². The van der Waals surface area contributed by atoms with Crippen molar-refractivity contribution in [2.24, 2.45) is 0 Å². The van der Waals surface area contributed by atoms with Gasteiger partial charge in [0.05, 0.1) is 0 Å². The molecule has 0 aromatic heterocycles. The Balaban J connectivity index is 2.76. The zero-order valence-electron chi connectivity index (χ0n) is 8.61.